The van der Waals surface area contributed by atoms with Crippen LogP contribution in [-0.2, 0) is 6.18 Å². The van der Waals surface area contributed by atoms with E-state index in [1.807, 2.05) is 0 Å². The normalized spacial score (nSPS) is 20.1. The predicted molar refractivity (Wildman–Crippen MR) is 63.7 cm³/mol. The van der Waals surface area contributed by atoms with E-state index in [-0.39, 0.29) is 5.02 Å². The van der Waals surface area contributed by atoms with Crippen molar-refractivity contribution in [2.75, 3.05) is 25.0 Å². The van der Waals surface area contributed by atoms with Gasteiger partial charge >= 0.3 is 6.18 Å². The lowest BCUT2D eigenvalue weighted by Gasteiger charge is -2.13. The molecule has 1 aromatic heterocycles. The fourth-order valence-corrected chi connectivity index (χ4v) is 2.09. The first kappa shape index (κ1) is 13.4. The van der Waals surface area contributed by atoms with Gasteiger partial charge in [-0.15, -0.1) is 0 Å². The van der Waals surface area contributed by atoms with Gasteiger partial charge in [-0.05, 0) is 31.5 Å². The molecule has 1 atom stereocenters. The van der Waals surface area contributed by atoms with Crippen LogP contribution in [0.25, 0.3) is 0 Å². The number of hydrogen-bond donors (Lipinski definition) is 2. The van der Waals surface area contributed by atoms with Gasteiger partial charge in [-0.1, -0.05) is 11.6 Å². The molecule has 1 aliphatic heterocycles. The van der Waals surface area contributed by atoms with Gasteiger partial charge in [0.25, 0.3) is 0 Å². The first-order chi connectivity index (χ1) is 8.47. The molecule has 0 radical (unpaired) electrons. The molecule has 3 nitrogen and oxygen atoms in total. The van der Waals surface area contributed by atoms with E-state index in [0.717, 1.165) is 31.8 Å². The fourth-order valence-electron chi connectivity index (χ4n) is 1.85. The number of rotatable bonds is 3. The second-order valence-corrected chi connectivity index (χ2v) is 4.70. The van der Waals surface area contributed by atoms with Crippen molar-refractivity contribution in [3.8, 4) is 0 Å². The molecule has 1 saturated heterocycles. The van der Waals surface area contributed by atoms with Crippen LogP contribution < -0.4 is 10.6 Å². The van der Waals surface area contributed by atoms with Crippen LogP contribution in [0.1, 0.15) is 12.0 Å². The summed E-state index contributed by atoms with van der Waals surface area (Å²) >= 11 is 5.78. The van der Waals surface area contributed by atoms with Crippen molar-refractivity contribution in [2.24, 2.45) is 5.92 Å². The number of anilines is 1. The average molecular weight is 280 g/mol. The lowest BCUT2D eigenvalue weighted by Crippen LogP contribution is -2.18. The molecule has 0 bridgehead atoms. The van der Waals surface area contributed by atoms with Crippen molar-refractivity contribution in [3.05, 3.63) is 22.8 Å². The van der Waals surface area contributed by atoms with Crippen molar-refractivity contribution in [2.45, 2.75) is 12.6 Å². The molecular formula is C11H13ClF3N3. The van der Waals surface area contributed by atoms with E-state index in [1.54, 1.807) is 0 Å². The molecule has 18 heavy (non-hydrogen) atoms. The smallest absolute Gasteiger partial charge is 0.369 e. The first-order valence-electron chi connectivity index (χ1n) is 5.64. The minimum Gasteiger partial charge on any atom is -0.369 e. The molecule has 2 rings (SSSR count). The molecule has 1 aliphatic rings. The minimum absolute atomic E-state index is 0.00391. The summed E-state index contributed by atoms with van der Waals surface area (Å²) in [4.78, 5) is 3.72. The van der Waals surface area contributed by atoms with Gasteiger partial charge in [-0.25, -0.2) is 4.98 Å². The van der Waals surface area contributed by atoms with E-state index in [1.165, 1.54) is 0 Å². The van der Waals surface area contributed by atoms with Gasteiger partial charge in [0.2, 0.25) is 0 Å². The number of hydrogen-bond acceptors (Lipinski definition) is 3. The molecule has 1 fully saturated rings. The Balaban J connectivity index is 2.01. The van der Waals surface area contributed by atoms with Gasteiger partial charge < -0.3 is 10.6 Å². The number of halogens is 4. The molecule has 0 aromatic carbocycles. The zero-order chi connectivity index (χ0) is 13.2. The van der Waals surface area contributed by atoms with E-state index in [9.17, 15) is 13.2 Å². The number of nitrogens with one attached hydrogen (secondary N) is 2. The molecular weight excluding hydrogens is 267 g/mol. The highest BCUT2D eigenvalue weighted by Crippen LogP contribution is 2.32. The molecule has 2 N–H and O–H groups in total. The van der Waals surface area contributed by atoms with Crippen LogP contribution in [0.4, 0.5) is 19.0 Å². The van der Waals surface area contributed by atoms with Gasteiger partial charge in [-0.2, -0.15) is 13.2 Å². The first-order valence-corrected chi connectivity index (χ1v) is 6.02. The van der Waals surface area contributed by atoms with Gasteiger partial charge in [0.1, 0.15) is 5.82 Å². The summed E-state index contributed by atoms with van der Waals surface area (Å²) in [6.45, 7) is 2.54. The number of aromatic nitrogens is 1. The molecule has 0 aliphatic carbocycles. The zero-order valence-electron chi connectivity index (χ0n) is 9.52. The Morgan fingerprint density at radius 3 is 2.83 bits per heavy atom. The second kappa shape index (κ2) is 5.32. The maximum Gasteiger partial charge on any atom is 0.417 e. The van der Waals surface area contributed by atoms with Crippen LogP contribution in [0.3, 0.4) is 0 Å². The van der Waals surface area contributed by atoms with Gasteiger partial charge in [0.05, 0.1) is 10.6 Å². The van der Waals surface area contributed by atoms with Crippen LogP contribution in [0.15, 0.2) is 12.3 Å². The van der Waals surface area contributed by atoms with Crippen molar-refractivity contribution in [1.29, 1.82) is 0 Å². The maximum atomic E-state index is 12.4. The Labute approximate surface area is 108 Å². The largest absolute Gasteiger partial charge is 0.417 e. The summed E-state index contributed by atoms with van der Waals surface area (Å²) in [6.07, 6.45) is -2.57. The van der Waals surface area contributed by atoms with Crippen molar-refractivity contribution in [3.63, 3.8) is 0 Å². The molecule has 0 amide bonds. The third kappa shape index (κ3) is 3.26. The second-order valence-electron chi connectivity index (χ2n) is 4.29. The summed E-state index contributed by atoms with van der Waals surface area (Å²) < 4.78 is 37.2. The van der Waals surface area contributed by atoms with Crippen LogP contribution in [0, 0.1) is 5.92 Å². The molecule has 0 spiro atoms. The number of nitrogens with zero attached hydrogens (tertiary/aromatic N) is 1. The summed E-state index contributed by atoms with van der Waals surface area (Å²) in [5.74, 6) is 0.765. The van der Waals surface area contributed by atoms with Crippen molar-refractivity contribution >= 4 is 17.4 Å². The highest BCUT2D eigenvalue weighted by molar-refractivity contribution is 6.32. The monoisotopic (exact) mass is 279 g/mol. The number of alkyl halides is 3. The number of pyridine rings is 1. The highest BCUT2D eigenvalue weighted by Gasteiger charge is 2.31. The van der Waals surface area contributed by atoms with E-state index in [2.05, 4.69) is 15.6 Å². The molecule has 1 aromatic rings. The molecule has 2 heterocycles. The lowest BCUT2D eigenvalue weighted by atomic mass is 10.1. The van der Waals surface area contributed by atoms with Crippen LogP contribution in [0.2, 0.25) is 5.02 Å². The summed E-state index contributed by atoms with van der Waals surface area (Å²) in [7, 11) is 0. The Hall–Kier alpha value is -1.01. The molecule has 0 unspecified atom stereocenters. The van der Waals surface area contributed by atoms with Gasteiger partial charge in [0, 0.05) is 12.7 Å². The topological polar surface area (TPSA) is 37.0 Å². The molecule has 100 valence electrons. The van der Waals surface area contributed by atoms with Crippen molar-refractivity contribution in [1.82, 2.24) is 10.3 Å². The predicted octanol–water partition coefficient (Wildman–Crippen LogP) is 2.78. The standard InChI is InChI=1S/C11H13ClF3N3/c12-9-3-8(11(13,14)15)6-18-10(9)17-5-7-1-2-16-4-7/h3,6-7,16H,1-2,4-5H2,(H,17,18)/t7-/m0/s1. The van der Waals surface area contributed by atoms with Gasteiger partial charge in [0.15, 0.2) is 0 Å². The summed E-state index contributed by atoms with van der Waals surface area (Å²) in [5, 5.41) is 6.19. The quantitative estimate of drug-likeness (QED) is 0.893. The van der Waals surface area contributed by atoms with Crippen LogP contribution in [0.5, 0.6) is 0 Å². The Kier molecular flexibility index (Phi) is 3.97. The fraction of sp³-hybridized carbons (Fsp3) is 0.545. The van der Waals surface area contributed by atoms with Crippen LogP contribution >= 0.6 is 11.6 Å². The van der Waals surface area contributed by atoms with Gasteiger partial charge in [-0.3, -0.25) is 0 Å². The minimum atomic E-state index is -4.41. The molecule has 0 saturated carbocycles. The van der Waals surface area contributed by atoms with E-state index < -0.39 is 11.7 Å². The van der Waals surface area contributed by atoms with E-state index in [4.69, 9.17) is 11.6 Å². The van der Waals surface area contributed by atoms with Crippen molar-refractivity contribution < 1.29 is 13.2 Å². The Morgan fingerprint density at radius 1 is 1.50 bits per heavy atom. The molecule has 7 heteroatoms. The maximum absolute atomic E-state index is 12.4. The Bertz CT molecular complexity index is 416. The SMILES string of the molecule is FC(F)(F)c1cnc(NC[C@H]2CCNC2)c(Cl)c1. The van der Waals surface area contributed by atoms with E-state index in [0.29, 0.717) is 18.3 Å². The highest BCUT2D eigenvalue weighted by atomic mass is 35.5. The lowest BCUT2D eigenvalue weighted by molar-refractivity contribution is -0.137. The summed E-state index contributed by atoms with van der Waals surface area (Å²) in [5.41, 5.74) is -0.833. The Morgan fingerprint density at radius 2 is 2.28 bits per heavy atom. The summed E-state index contributed by atoms with van der Waals surface area (Å²) in [6, 6.07) is 0.893. The van der Waals surface area contributed by atoms with E-state index >= 15 is 0 Å². The third-order valence-corrected chi connectivity index (χ3v) is 3.18. The third-order valence-electron chi connectivity index (χ3n) is 2.89. The van der Waals surface area contributed by atoms with Crippen LogP contribution in [-0.4, -0.2) is 24.6 Å². The zero-order valence-corrected chi connectivity index (χ0v) is 10.3. The average Bonchev–Trinajstić information content (AvgIpc) is 2.79.